The van der Waals surface area contributed by atoms with Crippen LogP contribution in [0, 0.1) is 5.92 Å². The lowest BCUT2D eigenvalue weighted by Crippen LogP contribution is -2.36. The predicted octanol–water partition coefficient (Wildman–Crippen LogP) is 2.61. The Kier molecular flexibility index (Phi) is 9.56. The zero-order chi connectivity index (χ0) is 17.2. The molecule has 0 bridgehead atoms. The molecule has 0 amide bonds. The molecule has 1 rings (SSSR count). The summed E-state index contributed by atoms with van der Waals surface area (Å²) < 4.78 is 32.6. The van der Waals surface area contributed by atoms with Gasteiger partial charge in [-0.05, 0) is 47.2 Å². The van der Waals surface area contributed by atoms with E-state index in [1.165, 1.54) is 0 Å². The van der Waals surface area contributed by atoms with Crippen LogP contribution < -0.4 is 0 Å². The van der Waals surface area contributed by atoms with Crippen LogP contribution in [0.25, 0.3) is 0 Å². The summed E-state index contributed by atoms with van der Waals surface area (Å²) in [6.45, 7) is 7.22. The minimum Gasteiger partial charge on any atom is -0.462 e. The van der Waals surface area contributed by atoms with Gasteiger partial charge in [0.2, 0.25) is 0 Å². The van der Waals surface area contributed by atoms with Gasteiger partial charge >= 0.3 is 5.97 Å². The van der Waals surface area contributed by atoms with E-state index in [4.69, 9.17) is 4.74 Å². The number of likely N-dealkylation sites (tertiary alicyclic amines) is 1. The number of hydrogen-bond acceptors (Lipinski definition) is 5. The molecule has 0 aromatic heterocycles. The summed E-state index contributed by atoms with van der Waals surface area (Å²) in [7, 11) is 1.93. The second-order valence-corrected chi connectivity index (χ2v) is 6.05. The number of ether oxygens (including phenoxy) is 2. The molecule has 1 saturated heterocycles. The Morgan fingerprint density at radius 1 is 1.36 bits per heavy atom. The zero-order valence-electron chi connectivity index (χ0n) is 13.6. The zero-order valence-corrected chi connectivity index (χ0v) is 13.6. The van der Waals surface area contributed by atoms with Crippen molar-refractivity contribution >= 4 is 12.4 Å². The van der Waals surface area contributed by atoms with Crippen LogP contribution in [0.4, 0.5) is 8.78 Å². The van der Waals surface area contributed by atoms with E-state index in [1.807, 2.05) is 32.7 Å². The Hall–Kier alpha value is -1.50. The SMILES string of the molecule is CC(C)(C)OC=O.CN1CCCC(C(=O)OCC=C(F)F)C1. The van der Waals surface area contributed by atoms with Crippen molar-refractivity contribution in [3.05, 3.63) is 12.2 Å². The van der Waals surface area contributed by atoms with Gasteiger partial charge in [-0.3, -0.25) is 9.59 Å². The first kappa shape index (κ1) is 20.5. The highest BCUT2D eigenvalue weighted by atomic mass is 19.3. The first-order chi connectivity index (χ1) is 10.2. The molecule has 0 aromatic carbocycles. The lowest BCUT2D eigenvalue weighted by molar-refractivity contribution is -0.149. The summed E-state index contributed by atoms with van der Waals surface area (Å²) in [5, 5.41) is 0. The van der Waals surface area contributed by atoms with Crippen LogP contribution in [0.3, 0.4) is 0 Å². The largest absolute Gasteiger partial charge is 0.462 e. The molecule has 1 atom stereocenters. The quantitative estimate of drug-likeness (QED) is 0.588. The van der Waals surface area contributed by atoms with E-state index in [1.54, 1.807) is 0 Å². The van der Waals surface area contributed by atoms with Crippen LogP contribution in [0.1, 0.15) is 33.6 Å². The van der Waals surface area contributed by atoms with Gasteiger partial charge in [-0.15, -0.1) is 0 Å². The number of nitrogens with zero attached hydrogens (tertiary/aromatic N) is 1. The fraction of sp³-hybridized carbons (Fsp3) is 0.733. The molecule has 0 aliphatic carbocycles. The first-order valence-electron chi connectivity index (χ1n) is 7.13. The van der Waals surface area contributed by atoms with E-state index < -0.39 is 6.08 Å². The van der Waals surface area contributed by atoms with Crippen molar-refractivity contribution in [2.75, 3.05) is 26.7 Å². The molecule has 0 saturated carbocycles. The molecule has 5 nitrogen and oxygen atoms in total. The number of rotatable bonds is 4. The fourth-order valence-electron chi connectivity index (χ4n) is 1.81. The monoisotopic (exact) mass is 321 g/mol. The lowest BCUT2D eigenvalue weighted by Gasteiger charge is -2.27. The summed E-state index contributed by atoms with van der Waals surface area (Å²) in [5.41, 5.74) is -0.318. The topological polar surface area (TPSA) is 55.8 Å². The van der Waals surface area contributed by atoms with E-state index >= 15 is 0 Å². The predicted molar refractivity (Wildman–Crippen MR) is 78.4 cm³/mol. The average Bonchev–Trinajstić information content (AvgIpc) is 2.37. The molecule has 0 aromatic rings. The molecule has 1 aliphatic rings. The summed E-state index contributed by atoms with van der Waals surface area (Å²) in [5.74, 6) is -0.543. The lowest BCUT2D eigenvalue weighted by atomic mass is 9.99. The van der Waals surface area contributed by atoms with Gasteiger partial charge in [0, 0.05) is 12.6 Å². The van der Waals surface area contributed by atoms with Gasteiger partial charge < -0.3 is 14.4 Å². The van der Waals surface area contributed by atoms with Crippen LogP contribution in [-0.2, 0) is 19.1 Å². The van der Waals surface area contributed by atoms with E-state index in [-0.39, 0.29) is 24.1 Å². The van der Waals surface area contributed by atoms with Gasteiger partial charge in [-0.2, -0.15) is 8.78 Å². The normalized spacial score (nSPS) is 18.5. The Labute approximate surface area is 130 Å². The fourth-order valence-corrected chi connectivity index (χ4v) is 1.81. The van der Waals surface area contributed by atoms with Gasteiger partial charge in [-0.1, -0.05) is 0 Å². The van der Waals surface area contributed by atoms with Gasteiger partial charge in [0.25, 0.3) is 12.6 Å². The molecule has 22 heavy (non-hydrogen) atoms. The van der Waals surface area contributed by atoms with E-state index in [0.29, 0.717) is 19.1 Å². The van der Waals surface area contributed by atoms with Crippen molar-refractivity contribution in [1.29, 1.82) is 0 Å². The molecule has 1 heterocycles. The highest BCUT2D eigenvalue weighted by molar-refractivity contribution is 5.72. The van der Waals surface area contributed by atoms with Crippen molar-refractivity contribution in [1.82, 2.24) is 4.90 Å². The number of carbonyl (C=O) groups excluding carboxylic acids is 2. The molecule has 1 aliphatic heterocycles. The highest BCUT2D eigenvalue weighted by Crippen LogP contribution is 2.16. The van der Waals surface area contributed by atoms with Crippen molar-refractivity contribution in [3.63, 3.8) is 0 Å². The molecule has 0 radical (unpaired) electrons. The van der Waals surface area contributed by atoms with E-state index in [2.05, 4.69) is 4.74 Å². The van der Waals surface area contributed by atoms with Crippen LogP contribution >= 0.6 is 0 Å². The van der Waals surface area contributed by atoms with Gasteiger partial charge in [0.05, 0.1) is 5.92 Å². The third-order valence-corrected chi connectivity index (χ3v) is 2.82. The standard InChI is InChI=1S/C10H15F2NO2.C5H10O2/c1-13-5-2-3-8(7-13)10(14)15-6-4-9(11)12;1-5(2,3)7-4-6/h4,8H,2-3,5-7H2,1H3;4H,1-3H3. The van der Waals surface area contributed by atoms with Crippen LogP contribution in [-0.4, -0.2) is 49.7 Å². The smallest absolute Gasteiger partial charge is 0.310 e. The minimum atomic E-state index is -1.82. The first-order valence-corrected chi connectivity index (χ1v) is 7.13. The Morgan fingerprint density at radius 2 is 2.00 bits per heavy atom. The van der Waals surface area contributed by atoms with Crippen molar-refractivity contribution < 1.29 is 27.8 Å². The maximum absolute atomic E-state index is 11.7. The third kappa shape index (κ3) is 11.2. The summed E-state index contributed by atoms with van der Waals surface area (Å²) in [6, 6.07) is 0. The Morgan fingerprint density at radius 3 is 2.41 bits per heavy atom. The average molecular weight is 321 g/mol. The molecule has 0 N–H and O–H groups in total. The Balaban J connectivity index is 0.000000534. The maximum Gasteiger partial charge on any atom is 0.310 e. The number of esters is 1. The van der Waals surface area contributed by atoms with Crippen molar-refractivity contribution in [3.8, 4) is 0 Å². The van der Waals surface area contributed by atoms with E-state index in [0.717, 1.165) is 19.4 Å². The van der Waals surface area contributed by atoms with Crippen molar-refractivity contribution in [2.24, 2.45) is 5.92 Å². The minimum absolute atomic E-state index is 0.167. The highest BCUT2D eigenvalue weighted by Gasteiger charge is 2.24. The molecule has 7 heteroatoms. The van der Waals surface area contributed by atoms with Gasteiger partial charge in [0.1, 0.15) is 12.2 Å². The van der Waals surface area contributed by atoms with Gasteiger partial charge in [0.15, 0.2) is 0 Å². The number of hydrogen-bond donors (Lipinski definition) is 0. The van der Waals surface area contributed by atoms with E-state index in [9.17, 15) is 18.4 Å². The number of piperidine rings is 1. The van der Waals surface area contributed by atoms with Crippen LogP contribution in [0.15, 0.2) is 12.2 Å². The van der Waals surface area contributed by atoms with Crippen LogP contribution in [0.2, 0.25) is 0 Å². The molecule has 1 fully saturated rings. The maximum atomic E-state index is 11.7. The number of carbonyl (C=O) groups is 2. The van der Waals surface area contributed by atoms with Gasteiger partial charge in [-0.25, -0.2) is 0 Å². The molecule has 0 spiro atoms. The van der Waals surface area contributed by atoms with Crippen LogP contribution in [0.5, 0.6) is 0 Å². The number of halogens is 2. The molecular weight excluding hydrogens is 296 g/mol. The third-order valence-electron chi connectivity index (χ3n) is 2.82. The Bertz CT molecular complexity index is 376. The molecule has 128 valence electrons. The second-order valence-electron chi connectivity index (χ2n) is 6.05. The van der Waals surface area contributed by atoms with Crippen molar-refractivity contribution in [2.45, 2.75) is 39.2 Å². The molecular formula is C15H25F2NO4. The summed E-state index contributed by atoms with van der Waals surface area (Å²) in [6.07, 6.45) is 0.516. The summed E-state index contributed by atoms with van der Waals surface area (Å²) in [4.78, 5) is 23.0. The molecule has 1 unspecified atom stereocenters. The summed E-state index contributed by atoms with van der Waals surface area (Å²) >= 11 is 0. The second kappa shape index (κ2) is 10.3.